The van der Waals surface area contributed by atoms with Crippen molar-refractivity contribution in [2.45, 2.75) is 32.2 Å². The summed E-state index contributed by atoms with van der Waals surface area (Å²) in [6.07, 6.45) is 5.33. The second-order valence-electron chi connectivity index (χ2n) is 4.57. The Morgan fingerprint density at radius 2 is 2.35 bits per heavy atom. The van der Waals surface area contributed by atoms with Gasteiger partial charge in [0.2, 0.25) is 0 Å². The van der Waals surface area contributed by atoms with E-state index < -0.39 is 0 Å². The number of nitrogens with zero attached hydrogens (tertiary/aromatic N) is 3. The van der Waals surface area contributed by atoms with Crippen LogP contribution < -0.4 is 0 Å². The maximum absolute atomic E-state index is 12.5. The summed E-state index contributed by atoms with van der Waals surface area (Å²) in [6.45, 7) is 2.66. The molecule has 1 saturated carbocycles. The maximum Gasteiger partial charge on any atom is 0.257 e. The molecule has 1 aromatic rings. The fraction of sp³-hybridized carbons (Fsp3) is 0.667. The van der Waals surface area contributed by atoms with Gasteiger partial charge in [0, 0.05) is 31.2 Å². The molecule has 4 nitrogen and oxygen atoms in total. The zero-order chi connectivity index (χ0) is 12.4. The number of carbonyl (C=O) groups excluding carboxylic acids is 1. The number of hydrogen-bond donors (Lipinski definition) is 0. The lowest BCUT2D eigenvalue weighted by Crippen LogP contribution is -2.45. The van der Waals surface area contributed by atoms with Crippen molar-refractivity contribution in [3.8, 4) is 0 Å². The van der Waals surface area contributed by atoms with Gasteiger partial charge in [-0.15, -0.1) is 0 Å². The molecule has 1 aliphatic carbocycles. The van der Waals surface area contributed by atoms with Crippen LogP contribution in [0.3, 0.4) is 0 Å². The molecule has 0 saturated heterocycles. The van der Waals surface area contributed by atoms with E-state index in [2.05, 4.69) is 21.0 Å². The van der Waals surface area contributed by atoms with Crippen molar-refractivity contribution >= 4 is 21.8 Å². The molecule has 0 spiro atoms. The van der Waals surface area contributed by atoms with E-state index in [1.165, 1.54) is 6.42 Å². The number of amides is 1. The predicted octanol–water partition coefficient (Wildman–Crippen LogP) is 2.12. The molecule has 0 radical (unpaired) electrons. The summed E-state index contributed by atoms with van der Waals surface area (Å²) in [7, 11) is 1.85. The average molecular weight is 300 g/mol. The minimum atomic E-state index is 0.125. The number of rotatable bonds is 4. The van der Waals surface area contributed by atoms with Crippen molar-refractivity contribution in [2.24, 2.45) is 7.05 Å². The molecule has 17 heavy (non-hydrogen) atoms. The van der Waals surface area contributed by atoms with Crippen LogP contribution in [0.25, 0.3) is 0 Å². The number of alkyl halides is 1. The van der Waals surface area contributed by atoms with Gasteiger partial charge in [0.15, 0.2) is 0 Å². The van der Waals surface area contributed by atoms with Gasteiger partial charge >= 0.3 is 0 Å². The van der Waals surface area contributed by atoms with E-state index in [0.717, 1.165) is 36.0 Å². The summed E-state index contributed by atoms with van der Waals surface area (Å²) in [4.78, 5) is 14.4. The van der Waals surface area contributed by atoms with Crippen molar-refractivity contribution in [3.05, 3.63) is 17.5 Å². The molecule has 1 fully saturated rings. The van der Waals surface area contributed by atoms with Crippen LogP contribution in [0.2, 0.25) is 0 Å². The Hall–Kier alpha value is -0.840. The molecular formula is C12H18BrN3O. The van der Waals surface area contributed by atoms with Crippen LogP contribution in [0, 0.1) is 6.92 Å². The first-order valence-electron chi connectivity index (χ1n) is 6.00. The third kappa shape index (κ3) is 2.54. The van der Waals surface area contributed by atoms with Crippen LogP contribution in [-0.4, -0.2) is 38.5 Å². The highest BCUT2D eigenvalue weighted by molar-refractivity contribution is 9.09. The molecule has 0 N–H and O–H groups in total. The molecule has 0 unspecified atom stereocenters. The molecule has 1 aromatic heterocycles. The van der Waals surface area contributed by atoms with Crippen LogP contribution in [0.5, 0.6) is 0 Å². The van der Waals surface area contributed by atoms with Gasteiger partial charge in [0.25, 0.3) is 5.91 Å². The highest BCUT2D eigenvalue weighted by Gasteiger charge is 2.30. The highest BCUT2D eigenvalue weighted by atomic mass is 79.9. The van der Waals surface area contributed by atoms with Gasteiger partial charge in [-0.1, -0.05) is 15.9 Å². The topological polar surface area (TPSA) is 38.1 Å². The third-order valence-electron chi connectivity index (χ3n) is 3.35. The summed E-state index contributed by atoms with van der Waals surface area (Å²) in [5.41, 5.74) is 1.55. The molecule has 1 aliphatic rings. The van der Waals surface area contributed by atoms with E-state index in [4.69, 9.17) is 0 Å². The average Bonchev–Trinajstić information content (AvgIpc) is 2.53. The van der Waals surface area contributed by atoms with Gasteiger partial charge in [-0.3, -0.25) is 9.48 Å². The molecule has 0 aromatic carbocycles. The van der Waals surface area contributed by atoms with Gasteiger partial charge in [-0.05, 0) is 26.2 Å². The smallest absolute Gasteiger partial charge is 0.257 e. The van der Waals surface area contributed by atoms with Crippen molar-refractivity contribution in [2.75, 3.05) is 11.9 Å². The Morgan fingerprint density at radius 1 is 1.65 bits per heavy atom. The zero-order valence-electron chi connectivity index (χ0n) is 10.3. The van der Waals surface area contributed by atoms with Crippen LogP contribution in [0.15, 0.2) is 6.20 Å². The fourth-order valence-corrected chi connectivity index (χ4v) is 2.59. The van der Waals surface area contributed by atoms with E-state index in [-0.39, 0.29) is 5.91 Å². The second-order valence-corrected chi connectivity index (χ2v) is 5.37. The Kier molecular flexibility index (Phi) is 3.86. The Bertz CT molecular complexity index is 412. The van der Waals surface area contributed by atoms with Gasteiger partial charge < -0.3 is 4.90 Å². The summed E-state index contributed by atoms with van der Waals surface area (Å²) < 4.78 is 1.70. The van der Waals surface area contributed by atoms with Gasteiger partial charge in [0.05, 0.1) is 11.3 Å². The van der Waals surface area contributed by atoms with Gasteiger partial charge in [-0.2, -0.15) is 5.10 Å². The van der Waals surface area contributed by atoms with E-state index in [9.17, 15) is 4.79 Å². The number of halogens is 1. The van der Waals surface area contributed by atoms with E-state index >= 15 is 0 Å². The molecule has 0 atom stereocenters. The number of aromatic nitrogens is 2. The normalized spacial score (nSPS) is 15.7. The third-order valence-corrected chi connectivity index (χ3v) is 3.70. The van der Waals surface area contributed by atoms with Crippen molar-refractivity contribution in [1.29, 1.82) is 0 Å². The Morgan fingerprint density at radius 3 is 2.76 bits per heavy atom. The summed E-state index contributed by atoms with van der Waals surface area (Å²) in [6, 6.07) is 0.430. The standard InChI is InChI=1S/C12H18BrN3O/c1-9-11(8-15(2)14-9)12(17)16(7-6-13)10-4-3-5-10/h8,10H,3-7H2,1-2H3. The lowest BCUT2D eigenvalue weighted by Gasteiger charge is -2.37. The Balaban J connectivity index is 2.17. The molecular weight excluding hydrogens is 282 g/mol. The predicted molar refractivity (Wildman–Crippen MR) is 70.4 cm³/mol. The van der Waals surface area contributed by atoms with E-state index in [1.807, 2.05) is 25.1 Å². The van der Waals surface area contributed by atoms with Crippen molar-refractivity contribution < 1.29 is 4.79 Å². The highest BCUT2D eigenvalue weighted by Crippen LogP contribution is 2.26. The summed E-state index contributed by atoms with van der Waals surface area (Å²) >= 11 is 3.42. The summed E-state index contributed by atoms with van der Waals surface area (Å²) in [5.74, 6) is 0.125. The maximum atomic E-state index is 12.5. The SMILES string of the molecule is Cc1nn(C)cc1C(=O)N(CCBr)C1CCC1. The van der Waals surface area contributed by atoms with Crippen LogP contribution in [0.1, 0.15) is 35.3 Å². The van der Waals surface area contributed by atoms with Gasteiger partial charge in [0.1, 0.15) is 0 Å². The molecule has 0 bridgehead atoms. The quantitative estimate of drug-likeness (QED) is 0.799. The molecule has 5 heteroatoms. The van der Waals surface area contributed by atoms with Crippen LogP contribution >= 0.6 is 15.9 Å². The number of carbonyl (C=O) groups is 1. The number of aryl methyl sites for hydroxylation is 2. The van der Waals surface area contributed by atoms with Gasteiger partial charge in [-0.25, -0.2) is 0 Å². The largest absolute Gasteiger partial charge is 0.335 e. The minimum Gasteiger partial charge on any atom is -0.335 e. The first kappa shape index (κ1) is 12.6. The fourth-order valence-electron chi connectivity index (χ4n) is 2.20. The van der Waals surface area contributed by atoms with Crippen molar-refractivity contribution in [3.63, 3.8) is 0 Å². The monoisotopic (exact) mass is 299 g/mol. The molecule has 1 heterocycles. The van der Waals surface area contributed by atoms with Crippen molar-refractivity contribution in [1.82, 2.24) is 14.7 Å². The summed E-state index contributed by atoms with van der Waals surface area (Å²) in [5, 5.41) is 5.06. The zero-order valence-corrected chi connectivity index (χ0v) is 11.9. The number of hydrogen-bond acceptors (Lipinski definition) is 2. The Labute approximate surface area is 110 Å². The molecule has 1 amide bonds. The van der Waals surface area contributed by atoms with Crippen LogP contribution in [-0.2, 0) is 7.05 Å². The molecule has 94 valence electrons. The molecule has 0 aliphatic heterocycles. The first-order chi connectivity index (χ1) is 8.13. The van der Waals surface area contributed by atoms with Crippen LogP contribution in [0.4, 0.5) is 0 Å². The molecule has 2 rings (SSSR count). The van der Waals surface area contributed by atoms with E-state index in [0.29, 0.717) is 6.04 Å². The minimum absolute atomic E-state index is 0.125. The first-order valence-corrected chi connectivity index (χ1v) is 7.13. The lowest BCUT2D eigenvalue weighted by molar-refractivity contribution is 0.0599. The lowest BCUT2D eigenvalue weighted by atomic mass is 9.91. The van der Waals surface area contributed by atoms with E-state index in [1.54, 1.807) is 4.68 Å². The second kappa shape index (κ2) is 5.21.